The maximum absolute atomic E-state index is 12.4. The smallest absolute Gasteiger partial charge is 0.244 e. The van der Waals surface area contributed by atoms with Gasteiger partial charge in [-0.1, -0.05) is 24.4 Å². The van der Waals surface area contributed by atoms with Crippen molar-refractivity contribution in [2.45, 2.75) is 18.7 Å². The number of benzene rings is 1. The average molecular weight is 287 g/mol. The minimum absolute atomic E-state index is 0.0286. The van der Waals surface area contributed by atoms with Crippen LogP contribution in [-0.2, 0) is 10.0 Å². The van der Waals surface area contributed by atoms with Crippen molar-refractivity contribution in [3.63, 3.8) is 0 Å². The molecule has 0 spiro atoms. The summed E-state index contributed by atoms with van der Waals surface area (Å²) in [6.45, 7) is 3.72. The number of hydrogen-bond acceptors (Lipinski definition) is 3. The highest BCUT2D eigenvalue weighted by atomic mass is 35.5. The standard InChI is InChI=1S/C12H15ClN2O2S/c1-4-6-15(5-2)18(16,17)12-8-11(14)10(13)7-9(12)3/h1,7-8H,5-6,14H2,2-3H3. The first-order chi connectivity index (χ1) is 8.34. The third-order valence-electron chi connectivity index (χ3n) is 2.53. The van der Waals surface area contributed by atoms with Crippen LogP contribution in [0.5, 0.6) is 0 Å². The molecular weight excluding hydrogens is 272 g/mol. The van der Waals surface area contributed by atoms with Gasteiger partial charge in [0.15, 0.2) is 0 Å². The van der Waals surface area contributed by atoms with E-state index in [1.807, 2.05) is 0 Å². The normalized spacial score (nSPS) is 11.5. The molecule has 0 unspecified atom stereocenters. The molecule has 0 fully saturated rings. The van der Waals surface area contributed by atoms with E-state index in [1.54, 1.807) is 13.8 Å². The largest absolute Gasteiger partial charge is 0.397 e. The van der Waals surface area contributed by atoms with Gasteiger partial charge < -0.3 is 5.73 Å². The molecule has 4 nitrogen and oxygen atoms in total. The van der Waals surface area contributed by atoms with Crippen molar-refractivity contribution >= 4 is 27.3 Å². The molecule has 98 valence electrons. The molecule has 0 aliphatic carbocycles. The Morgan fingerprint density at radius 1 is 1.50 bits per heavy atom. The van der Waals surface area contributed by atoms with Crippen LogP contribution in [0, 0.1) is 19.3 Å². The number of rotatable bonds is 4. The number of halogens is 1. The van der Waals surface area contributed by atoms with Crippen LogP contribution in [0.2, 0.25) is 5.02 Å². The Morgan fingerprint density at radius 3 is 2.61 bits per heavy atom. The molecule has 0 bridgehead atoms. The minimum Gasteiger partial charge on any atom is -0.397 e. The zero-order valence-corrected chi connectivity index (χ0v) is 11.8. The molecule has 18 heavy (non-hydrogen) atoms. The first-order valence-corrected chi connectivity index (χ1v) is 7.15. The first-order valence-electron chi connectivity index (χ1n) is 5.33. The van der Waals surface area contributed by atoms with Gasteiger partial charge in [0.25, 0.3) is 0 Å². The lowest BCUT2D eigenvalue weighted by Gasteiger charge is -2.19. The van der Waals surface area contributed by atoms with Crippen molar-refractivity contribution in [1.82, 2.24) is 4.31 Å². The minimum atomic E-state index is -3.63. The summed E-state index contributed by atoms with van der Waals surface area (Å²) in [5.41, 5.74) is 6.43. The van der Waals surface area contributed by atoms with Crippen LogP contribution in [0.25, 0.3) is 0 Å². The topological polar surface area (TPSA) is 63.4 Å². The van der Waals surface area contributed by atoms with E-state index >= 15 is 0 Å². The maximum Gasteiger partial charge on any atom is 0.244 e. The van der Waals surface area contributed by atoms with Gasteiger partial charge in [-0.2, -0.15) is 4.31 Å². The van der Waals surface area contributed by atoms with E-state index < -0.39 is 10.0 Å². The summed E-state index contributed by atoms with van der Waals surface area (Å²) in [6.07, 6.45) is 5.17. The van der Waals surface area contributed by atoms with Crippen LogP contribution in [-0.4, -0.2) is 25.8 Å². The second-order valence-electron chi connectivity index (χ2n) is 3.77. The Bertz CT molecular complexity index is 591. The number of nitrogens with zero attached hydrogens (tertiary/aromatic N) is 1. The van der Waals surface area contributed by atoms with E-state index in [9.17, 15) is 8.42 Å². The molecule has 0 aliphatic heterocycles. The lowest BCUT2D eigenvalue weighted by Crippen LogP contribution is -2.31. The average Bonchev–Trinajstić information content (AvgIpc) is 2.30. The molecule has 0 amide bonds. The van der Waals surface area contributed by atoms with Gasteiger partial charge in [-0.25, -0.2) is 8.42 Å². The first kappa shape index (κ1) is 14.8. The Morgan fingerprint density at radius 2 is 2.11 bits per heavy atom. The summed E-state index contributed by atoms with van der Waals surface area (Å²) in [5, 5.41) is 0.339. The van der Waals surface area contributed by atoms with Gasteiger partial charge in [-0.15, -0.1) is 6.42 Å². The van der Waals surface area contributed by atoms with Crippen LogP contribution in [0.1, 0.15) is 12.5 Å². The second kappa shape index (κ2) is 5.61. The Kier molecular flexibility index (Phi) is 4.63. The van der Waals surface area contributed by atoms with Crippen molar-refractivity contribution in [1.29, 1.82) is 0 Å². The van der Waals surface area contributed by atoms with Crippen LogP contribution in [0.15, 0.2) is 17.0 Å². The number of nitrogens with two attached hydrogens (primary N) is 1. The number of terminal acetylenes is 1. The third kappa shape index (κ3) is 2.78. The van der Waals surface area contributed by atoms with Crippen molar-refractivity contribution in [3.8, 4) is 12.3 Å². The molecule has 0 aromatic heterocycles. The molecule has 0 saturated heterocycles. The summed E-state index contributed by atoms with van der Waals surface area (Å²) in [4.78, 5) is 0.140. The number of sulfonamides is 1. The molecular formula is C12H15ClN2O2S. The predicted molar refractivity (Wildman–Crippen MR) is 73.9 cm³/mol. The second-order valence-corrected chi connectivity index (χ2v) is 6.09. The van der Waals surface area contributed by atoms with Crippen molar-refractivity contribution in [3.05, 3.63) is 22.7 Å². The lowest BCUT2D eigenvalue weighted by atomic mass is 10.2. The number of hydrogen-bond donors (Lipinski definition) is 1. The number of anilines is 1. The van der Waals surface area contributed by atoms with Gasteiger partial charge in [-0.05, 0) is 24.6 Å². The van der Waals surface area contributed by atoms with Crippen LogP contribution >= 0.6 is 11.6 Å². The van der Waals surface area contributed by atoms with Gasteiger partial charge >= 0.3 is 0 Å². The zero-order valence-electron chi connectivity index (χ0n) is 10.3. The molecule has 1 aromatic carbocycles. The molecule has 0 aliphatic rings. The summed E-state index contributed by atoms with van der Waals surface area (Å²) in [5.74, 6) is 2.33. The van der Waals surface area contributed by atoms with Gasteiger partial charge in [0.05, 0.1) is 22.2 Å². The number of nitrogen functional groups attached to an aromatic ring is 1. The fourth-order valence-electron chi connectivity index (χ4n) is 1.55. The van der Waals surface area contributed by atoms with Crippen LogP contribution < -0.4 is 5.73 Å². The Balaban J connectivity index is 3.37. The van der Waals surface area contributed by atoms with Crippen molar-refractivity contribution in [2.75, 3.05) is 18.8 Å². The van der Waals surface area contributed by atoms with E-state index in [0.29, 0.717) is 17.1 Å². The molecule has 0 saturated carbocycles. The molecule has 2 N–H and O–H groups in total. The van der Waals surface area contributed by atoms with E-state index in [4.69, 9.17) is 23.8 Å². The third-order valence-corrected chi connectivity index (χ3v) is 4.92. The van der Waals surface area contributed by atoms with E-state index in [0.717, 1.165) is 0 Å². The molecule has 0 atom stereocenters. The van der Waals surface area contributed by atoms with Gasteiger partial charge in [-0.3, -0.25) is 0 Å². The summed E-state index contributed by atoms with van der Waals surface area (Å²) < 4.78 is 25.9. The quantitative estimate of drug-likeness (QED) is 0.679. The highest BCUT2D eigenvalue weighted by Crippen LogP contribution is 2.28. The highest BCUT2D eigenvalue weighted by molar-refractivity contribution is 7.89. The van der Waals surface area contributed by atoms with Gasteiger partial charge in [0.1, 0.15) is 0 Å². The van der Waals surface area contributed by atoms with Gasteiger partial charge in [0, 0.05) is 6.54 Å². The number of aryl methyl sites for hydroxylation is 1. The van der Waals surface area contributed by atoms with Crippen LogP contribution in [0.3, 0.4) is 0 Å². The summed E-state index contributed by atoms with van der Waals surface area (Å²) in [7, 11) is -3.63. The summed E-state index contributed by atoms with van der Waals surface area (Å²) >= 11 is 5.84. The Labute approximate surface area is 113 Å². The fourth-order valence-corrected chi connectivity index (χ4v) is 3.38. The molecule has 0 heterocycles. The van der Waals surface area contributed by atoms with Crippen molar-refractivity contribution < 1.29 is 8.42 Å². The van der Waals surface area contributed by atoms with E-state index in [1.165, 1.54) is 16.4 Å². The van der Waals surface area contributed by atoms with E-state index in [2.05, 4.69) is 5.92 Å². The molecule has 0 radical (unpaired) electrons. The Hall–Kier alpha value is -1.22. The van der Waals surface area contributed by atoms with Crippen LogP contribution in [0.4, 0.5) is 5.69 Å². The highest BCUT2D eigenvalue weighted by Gasteiger charge is 2.24. The zero-order chi connectivity index (χ0) is 13.9. The summed E-state index contributed by atoms with van der Waals surface area (Å²) in [6, 6.07) is 2.90. The lowest BCUT2D eigenvalue weighted by molar-refractivity contribution is 0.463. The fraction of sp³-hybridized carbons (Fsp3) is 0.333. The SMILES string of the molecule is C#CCN(CC)S(=O)(=O)c1cc(N)c(Cl)cc1C. The molecule has 1 aromatic rings. The molecule has 6 heteroatoms. The maximum atomic E-state index is 12.4. The van der Waals surface area contributed by atoms with E-state index in [-0.39, 0.29) is 17.1 Å². The van der Waals surface area contributed by atoms with Crippen molar-refractivity contribution in [2.24, 2.45) is 0 Å². The monoisotopic (exact) mass is 286 g/mol. The molecule has 1 rings (SSSR count). The predicted octanol–water partition coefficient (Wildman–Crippen LogP) is 1.87. The van der Waals surface area contributed by atoms with Gasteiger partial charge in [0.2, 0.25) is 10.0 Å².